The third kappa shape index (κ3) is 3.37. The molecule has 3 aromatic rings. The number of carbonyl (C=O) groups excluding carboxylic acids is 1. The van der Waals surface area contributed by atoms with Gasteiger partial charge in [-0.2, -0.15) is 0 Å². The summed E-state index contributed by atoms with van der Waals surface area (Å²) in [4.78, 5) is 23.1. The second-order valence-corrected chi connectivity index (χ2v) is 5.95. The van der Waals surface area contributed by atoms with Crippen molar-refractivity contribution in [2.24, 2.45) is 0 Å². The van der Waals surface area contributed by atoms with Gasteiger partial charge in [0.25, 0.3) is 5.91 Å². The van der Waals surface area contributed by atoms with E-state index in [1.807, 2.05) is 18.2 Å². The molecule has 0 unspecified atom stereocenters. The van der Waals surface area contributed by atoms with Crippen LogP contribution in [0.1, 0.15) is 16.8 Å². The standard InChI is InChI=1S/C19H16FN5O2/c1-27-19-11(4-12(20)8-23-19)7-22-13-2-3-17-15(5-13)16(18(26)25-17)6-14-9-21-10-24-14/h2-6,8-10,22H,7H2,1H3,(H,21,24)(H,25,26)/b16-6-. The summed E-state index contributed by atoms with van der Waals surface area (Å²) in [5, 5.41) is 6.05. The van der Waals surface area contributed by atoms with Crippen LogP contribution in [0, 0.1) is 5.82 Å². The van der Waals surface area contributed by atoms with Crippen LogP contribution in [0.25, 0.3) is 11.6 Å². The Morgan fingerprint density at radius 2 is 2.19 bits per heavy atom. The van der Waals surface area contributed by atoms with E-state index < -0.39 is 5.82 Å². The van der Waals surface area contributed by atoms with Crippen LogP contribution >= 0.6 is 0 Å². The zero-order valence-electron chi connectivity index (χ0n) is 14.4. The molecule has 0 saturated carbocycles. The van der Waals surface area contributed by atoms with E-state index in [-0.39, 0.29) is 5.91 Å². The molecule has 0 bridgehead atoms. The number of fused-ring (bicyclic) bond motifs is 1. The molecule has 0 spiro atoms. The Morgan fingerprint density at radius 3 is 2.96 bits per heavy atom. The van der Waals surface area contributed by atoms with E-state index in [0.29, 0.717) is 23.6 Å². The molecule has 7 nitrogen and oxygen atoms in total. The van der Waals surface area contributed by atoms with Gasteiger partial charge in [0, 0.05) is 29.0 Å². The molecule has 136 valence electrons. The minimum atomic E-state index is -0.430. The predicted octanol–water partition coefficient (Wildman–Crippen LogP) is 3.06. The Kier molecular flexibility index (Phi) is 4.29. The predicted molar refractivity (Wildman–Crippen MR) is 99.6 cm³/mol. The summed E-state index contributed by atoms with van der Waals surface area (Å²) in [5.74, 6) is -0.240. The number of rotatable bonds is 5. The maximum atomic E-state index is 13.5. The second-order valence-electron chi connectivity index (χ2n) is 5.95. The first kappa shape index (κ1) is 16.8. The van der Waals surface area contributed by atoms with Gasteiger partial charge in [-0.25, -0.2) is 14.4 Å². The Labute approximate surface area is 154 Å². The number of halogens is 1. The molecule has 0 atom stereocenters. The molecule has 0 radical (unpaired) electrons. The topological polar surface area (TPSA) is 91.9 Å². The van der Waals surface area contributed by atoms with Gasteiger partial charge < -0.3 is 20.4 Å². The summed E-state index contributed by atoms with van der Waals surface area (Å²) in [6.45, 7) is 0.327. The number of methoxy groups -OCH3 is 1. The zero-order valence-corrected chi connectivity index (χ0v) is 14.4. The molecule has 1 aromatic carbocycles. The van der Waals surface area contributed by atoms with Crippen LogP contribution in [0.2, 0.25) is 0 Å². The lowest BCUT2D eigenvalue weighted by Crippen LogP contribution is -2.04. The molecule has 0 aliphatic carbocycles. The molecule has 4 rings (SSSR count). The SMILES string of the molecule is COc1ncc(F)cc1CNc1ccc2c(c1)/C(=C/c1cnc[nH]1)C(=O)N2. The van der Waals surface area contributed by atoms with Crippen molar-refractivity contribution in [2.75, 3.05) is 17.7 Å². The van der Waals surface area contributed by atoms with E-state index in [1.54, 1.807) is 18.6 Å². The van der Waals surface area contributed by atoms with Gasteiger partial charge in [-0.05, 0) is 30.3 Å². The highest BCUT2D eigenvalue weighted by atomic mass is 19.1. The van der Waals surface area contributed by atoms with Crippen LogP contribution in [0.4, 0.5) is 15.8 Å². The molecule has 2 aromatic heterocycles. The number of amides is 1. The van der Waals surface area contributed by atoms with E-state index in [1.165, 1.54) is 13.2 Å². The van der Waals surface area contributed by atoms with Crippen molar-refractivity contribution in [2.45, 2.75) is 6.54 Å². The van der Waals surface area contributed by atoms with Crippen molar-refractivity contribution in [3.8, 4) is 5.88 Å². The van der Waals surface area contributed by atoms with E-state index in [9.17, 15) is 9.18 Å². The number of H-pyrrole nitrogens is 1. The maximum absolute atomic E-state index is 13.5. The van der Waals surface area contributed by atoms with Crippen LogP contribution in [-0.4, -0.2) is 28.0 Å². The first-order valence-corrected chi connectivity index (χ1v) is 8.22. The highest BCUT2D eigenvalue weighted by Crippen LogP contribution is 2.35. The van der Waals surface area contributed by atoms with Crippen molar-refractivity contribution in [1.29, 1.82) is 0 Å². The molecule has 3 N–H and O–H groups in total. The van der Waals surface area contributed by atoms with Crippen LogP contribution in [0.15, 0.2) is 43.0 Å². The summed E-state index contributed by atoms with van der Waals surface area (Å²) < 4.78 is 18.6. The number of nitrogens with zero attached hydrogens (tertiary/aromatic N) is 2. The Morgan fingerprint density at radius 1 is 1.30 bits per heavy atom. The molecule has 1 aliphatic heterocycles. The van der Waals surface area contributed by atoms with Gasteiger partial charge in [0.1, 0.15) is 5.82 Å². The fourth-order valence-electron chi connectivity index (χ4n) is 2.92. The van der Waals surface area contributed by atoms with Crippen molar-refractivity contribution in [3.05, 3.63) is 65.6 Å². The van der Waals surface area contributed by atoms with Crippen molar-refractivity contribution >= 4 is 28.9 Å². The van der Waals surface area contributed by atoms with Crippen molar-refractivity contribution < 1.29 is 13.9 Å². The molecule has 3 heterocycles. The van der Waals surface area contributed by atoms with Gasteiger partial charge in [0.15, 0.2) is 0 Å². The number of hydrogen-bond acceptors (Lipinski definition) is 5. The highest BCUT2D eigenvalue weighted by Gasteiger charge is 2.24. The molecular formula is C19H16FN5O2. The van der Waals surface area contributed by atoms with Gasteiger partial charge in [-0.1, -0.05) is 0 Å². The van der Waals surface area contributed by atoms with Gasteiger partial charge >= 0.3 is 0 Å². The lowest BCUT2D eigenvalue weighted by molar-refractivity contribution is -0.110. The molecule has 0 fully saturated rings. The number of anilines is 2. The van der Waals surface area contributed by atoms with E-state index in [2.05, 4.69) is 25.6 Å². The quantitative estimate of drug-likeness (QED) is 0.605. The van der Waals surface area contributed by atoms with Crippen LogP contribution in [-0.2, 0) is 11.3 Å². The molecule has 1 aliphatic rings. The molecular weight excluding hydrogens is 349 g/mol. The maximum Gasteiger partial charge on any atom is 0.256 e. The number of benzene rings is 1. The summed E-state index contributed by atoms with van der Waals surface area (Å²) >= 11 is 0. The zero-order chi connectivity index (χ0) is 18.8. The van der Waals surface area contributed by atoms with Gasteiger partial charge in [0.05, 0.1) is 37.1 Å². The second kappa shape index (κ2) is 6.91. The first-order chi connectivity index (χ1) is 13.1. The average Bonchev–Trinajstić information content (AvgIpc) is 3.29. The summed E-state index contributed by atoms with van der Waals surface area (Å²) in [5.41, 5.74) is 4.18. The van der Waals surface area contributed by atoms with Gasteiger partial charge in [-0.15, -0.1) is 0 Å². The van der Waals surface area contributed by atoms with E-state index in [0.717, 1.165) is 28.8 Å². The third-order valence-corrected chi connectivity index (χ3v) is 4.19. The third-order valence-electron chi connectivity index (χ3n) is 4.19. The van der Waals surface area contributed by atoms with Crippen LogP contribution in [0.3, 0.4) is 0 Å². The number of nitrogens with one attached hydrogen (secondary N) is 3. The minimum Gasteiger partial charge on any atom is -0.481 e. The lowest BCUT2D eigenvalue weighted by atomic mass is 10.1. The highest BCUT2D eigenvalue weighted by molar-refractivity contribution is 6.35. The number of imidazole rings is 1. The Bertz CT molecular complexity index is 1030. The fourth-order valence-corrected chi connectivity index (χ4v) is 2.92. The molecule has 8 heteroatoms. The molecule has 27 heavy (non-hydrogen) atoms. The minimum absolute atomic E-state index is 0.173. The van der Waals surface area contributed by atoms with Crippen molar-refractivity contribution in [3.63, 3.8) is 0 Å². The summed E-state index contributed by atoms with van der Waals surface area (Å²) in [6, 6.07) is 6.91. The summed E-state index contributed by atoms with van der Waals surface area (Å²) in [7, 11) is 1.49. The van der Waals surface area contributed by atoms with E-state index in [4.69, 9.17) is 4.74 Å². The smallest absolute Gasteiger partial charge is 0.256 e. The summed E-state index contributed by atoms with van der Waals surface area (Å²) in [6.07, 6.45) is 6.06. The number of aromatic nitrogens is 3. The molecule has 0 saturated heterocycles. The first-order valence-electron chi connectivity index (χ1n) is 8.22. The van der Waals surface area contributed by atoms with Crippen LogP contribution in [0.5, 0.6) is 5.88 Å². The number of hydrogen-bond donors (Lipinski definition) is 3. The Hall–Kier alpha value is -3.68. The normalized spacial score (nSPS) is 14.1. The van der Waals surface area contributed by atoms with Gasteiger partial charge in [-0.3, -0.25) is 4.79 Å². The molecule has 1 amide bonds. The van der Waals surface area contributed by atoms with Crippen molar-refractivity contribution in [1.82, 2.24) is 15.0 Å². The fraction of sp³-hybridized carbons (Fsp3) is 0.105. The van der Waals surface area contributed by atoms with Gasteiger partial charge in [0.2, 0.25) is 5.88 Å². The van der Waals surface area contributed by atoms with E-state index >= 15 is 0 Å². The number of aromatic amines is 1. The number of carbonyl (C=O) groups is 1. The van der Waals surface area contributed by atoms with Crippen LogP contribution < -0.4 is 15.4 Å². The number of pyridine rings is 1. The largest absolute Gasteiger partial charge is 0.481 e. The lowest BCUT2D eigenvalue weighted by Gasteiger charge is -2.11. The average molecular weight is 365 g/mol. The Balaban J connectivity index is 1.59. The monoisotopic (exact) mass is 365 g/mol. The number of ether oxygens (including phenoxy) is 1.